The summed E-state index contributed by atoms with van der Waals surface area (Å²) in [5, 5.41) is 21.8. The Labute approximate surface area is 223 Å². The molecular formula is C24H18As2O5S4. The number of rotatable bonds is 4. The first-order valence-corrected chi connectivity index (χ1v) is 25.6. The first kappa shape index (κ1) is 24.3. The van der Waals surface area contributed by atoms with Crippen molar-refractivity contribution in [2.75, 3.05) is 23.0 Å². The topological polar surface area (TPSA) is 87.7 Å². The van der Waals surface area contributed by atoms with Crippen LogP contribution in [0.25, 0.3) is 33.4 Å². The van der Waals surface area contributed by atoms with Gasteiger partial charge in [0.15, 0.2) is 0 Å². The van der Waals surface area contributed by atoms with Crippen molar-refractivity contribution in [3.05, 3.63) is 64.3 Å². The third kappa shape index (κ3) is 4.26. The number of carboxylic acids is 1. The summed E-state index contributed by atoms with van der Waals surface area (Å²) in [5.74, 6) is 3.92. The Bertz CT molecular complexity index is 1500. The Kier molecular flexibility index (Phi) is 6.93. The third-order valence-electron chi connectivity index (χ3n) is 5.74. The van der Waals surface area contributed by atoms with Gasteiger partial charge in [0.1, 0.15) is 0 Å². The number of carboxylic acid groups (broad SMARTS) is 1. The van der Waals surface area contributed by atoms with Gasteiger partial charge in [0.25, 0.3) is 0 Å². The van der Waals surface area contributed by atoms with E-state index in [0.717, 1.165) is 48.2 Å². The average molecular weight is 665 g/mol. The molecule has 0 radical (unpaired) electrons. The van der Waals surface area contributed by atoms with E-state index in [-0.39, 0.29) is 16.7 Å². The van der Waals surface area contributed by atoms with Gasteiger partial charge in [-0.3, -0.25) is 0 Å². The standard InChI is InChI=1S/C24H18As2O5S4/c27-17-7-5-15-19(13-3-1-2-4-14(13)24(29)30)16-6-8-18(28)21(26-34-11-12-35-26)23(16)31-22(15)20(17)25-32-9-10-33-25/h1-8,27H,9-12H2,(H,29,30). The van der Waals surface area contributed by atoms with Crippen LogP contribution in [0.5, 0.6) is 5.75 Å². The molecule has 35 heavy (non-hydrogen) atoms. The molecule has 0 atom stereocenters. The van der Waals surface area contributed by atoms with E-state index >= 15 is 0 Å². The number of fused-ring (bicyclic) bond motifs is 2. The van der Waals surface area contributed by atoms with Crippen LogP contribution in [0.3, 0.4) is 0 Å². The van der Waals surface area contributed by atoms with Crippen LogP contribution in [0.15, 0.2) is 57.7 Å². The second-order valence-corrected chi connectivity index (χ2v) is 31.0. The van der Waals surface area contributed by atoms with Gasteiger partial charge in [0.2, 0.25) is 0 Å². The summed E-state index contributed by atoms with van der Waals surface area (Å²) in [4.78, 5) is 25.4. The quantitative estimate of drug-likeness (QED) is 0.245. The van der Waals surface area contributed by atoms with Crippen molar-refractivity contribution < 1.29 is 19.4 Å². The summed E-state index contributed by atoms with van der Waals surface area (Å²) >= 11 is -3.44. The van der Waals surface area contributed by atoms with Crippen molar-refractivity contribution in [2.45, 2.75) is 0 Å². The van der Waals surface area contributed by atoms with Crippen molar-refractivity contribution in [1.29, 1.82) is 0 Å². The van der Waals surface area contributed by atoms with E-state index < -0.39 is 30.6 Å². The molecule has 3 heterocycles. The van der Waals surface area contributed by atoms with Crippen LogP contribution in [0, 0.1) is 0 Å². The van der Waals surface area contributed by atoms with Gasteiger partial charge in [0, 0.05) is 0 Å². The molecule has 2 aromatic carbocycles. The zero-order chi connectivity index (χ0) is 24.1. The monoisotopic (exact) mass is 664 g/mol. The van der Waals surface area contributed by atoms with Gasteiger partial charge in [-0.1, -0.05) is 0 Å². The molecule has 5 nitrogen and oxygen atoms in total. The van der Waals surface area contributed by atoms with Crippen LogP contribution in [0.2, 0.25) is 0 Å². The summed E-state index contributed by atoms with van der Waals surface area (Å²) in [6.07, 6.45) is 0. The predicted octanol–water partition coefficient (Wildman–Crippen LogP) is 4.32. The van der Waals surface area contributed by atoms with Crippen molar-refractivity contribution in [3.8, 4) is 28.2 Å². The number of aromatic carboxylic acids is 1. The molecule has 2 aromatic rings. The molecule has 0 aromatic heterocycles. The van der Waals surface area contributed by atoms with E-state index in [1.54, 1.807) is 30.3 Å². The first-order valence-electron chi connectivity index (χ1n) is 10.7. The Balaban J connectivity index is 1.78. The van der Waals surface area contributed by atoms with Gasteiger partial charge < -0.3 is 0 Å². The molecule has 4 aliphatic rings. The van der Waals surface area contributed by atoms with E-state index in [0.29, 0.717) is 16.9 Å². The fourth-order valence-electron chi connectivity index (χ4n) is 4.30. The number of benzene rings is 3. The van der Waals surface area contributed by atoms with Crippen LogP contribution in [-0.2, 0) is 0 Å². The fraction of sp³-hybridized carbons (Fsp3) is 0.167. The van der Waals surface area contributed by atoms with Gasteiger partial charge in [-0.25, -0.2) is 0 Å². The minimum atomic E-state index is -1.74. The van der Waals surface area contributed by atoms with Gasteiger partial charge in [-0.15, -0.1) is 0 Å². The van der Waals surface area contributed by atoms with Crippen molar-refractivity contribution in [1.82, 2.24) is 0 Å². The Morgan fingerprint density at radius 1 is 0.829 bits per heavy atom. The molecule has 178 valence electrons. The van der Waals surface area contributed by atoms with E-state index in [2.05, 4.69) is 0 Å². The normalized spacial score (nSPS) is 17.0. The first-order chi connectivity index (χ1) is 17.0. The zero-order valence-corrected chi connectivity index (χ0v) is 25.1. The molecule has 1 aliphatic carbocycles. The van der Waals surface area contributed by atoms with Gasteiger partial charge >= 0.3 is 225 Å². The molecule has 0 saturated carbocycles. The van der Waals surface area contributed by atoms with Crippen molar-refractivity contribution >= 4 is 90.4 Å². The summed E-state index contributed by atoms with van der Waals surface area (Å²) < 4.78 is 8.29. The molecule has 0 unspecified atom stereocenters. The van der Waals surface area contributed by atoms with Crippen LogP contribution in [0.4, 0.5) is 0 Å². The van der Waals surface area contributed by atoms with Crippen LogP contribution >= 0.6 is 40.1 Å². The number of hydrogen-bond donors (Lipinski definition) is 2. The molecule has 0 bridgehead atoms. The molecule has 0 amide bonds. The van der Waals surface area contributed by atoms with Crippen molar-refractivity contribution in [3.63, 3.8) is 0 Å². The minimum absolute atomic E-state index is 0.0100. The predicted molar refractivity (Wildman–Crippen MR) is 154 cm³/mol. The Morgan fingerprint density at radius 3 is 2.17 bits per heavy atom. The molecular weight excluding hydrogens is 646 g/mol. The molecule has 11 heteroatoms. The SMILES string of the molecule is O=C(O)c1ccccc1-c1c2ccc(=O)c([As]3SCCS3)c-2oc2c([As]3SCCS3)c(O)ccc12. The Hall–Kier alpha value is -1.08. The zero-order valence-electron chi connectivity index (χ0n) is 18.1. The van der Waals surface area contributed by atoms with E-state index in [9.17, 15) is 19.8 Å². The molecule has 2 N–H and O–H groups in total. The maximum absolute atomic E-state index is 13.2. The van der Waals surface area contributed by atoms with E-state index in [4.69, 9.17) is 4.42 Å². The molecule has 3 aliphatic heterocycles. The number of aromatic hydroxyl groups is 1. The number of phenolic OH excluding ortho intramolecular Hbond substituents is 1. The molecule has 2 saturated heterocycles. The van der Waals surface area contributed by atoms with E-state index in [1.807, 2.05) is 58.3 Å². The second-order valence-electron chi connectivity index (χ2n) is 7.77. The molecule has 2 fully saturated rings. The summed E-state index contributed by atoms with van der Waals surface area (Å²) in [6, 6.07) is 13.9. The third-order valence-corrected chi connectivity index (χ3v) is 32.9. The number of hydrogen-bond acceptors (Lipinski definition) is 8. The maximum atomic E-state index is 13.2. The average Bonchev–Trinajstić information content (AvgIpc) is 3.57. The van der Waals surface area contributed by atoms with Gasteiger partial charge in [-0.05, 0) is 0 Å². The van der Waals surface area contributed by atoms with Crippen molar-refractivity contribution in [2.24, 2.45) is 0 Å². The van der Waals surface area contributed by atoms with Crippen LogP contribution in [-0.4, -0.2) is 63.9 Å². The fourth-order valence-corrected chi connectivity index (χ4v) is 33.9. The van der Waals surface area contributed by atoms with Gasteiger partial charge in [0.05, 0.1) is 0 Å². The second kappa shape index (κ2) is 10.00. The Morgan fingerprint density at radius 2 is 1.49 bits per heavy atom. The summed E-state index contributed by atoms with van der Waals surface area (Å²) in [5.41, 5.74) is 2.90. The molecule has 6 rings (SSSR count). The van der Waals surface area contributed by atoms with Gasteiger partial charge in [-0.2, -0.15) is 0 Å². The summed E-state index contributed by atoms with van der Waals surface area (Å²) in [7, 11) is 7.57. The summed E-state index contributed by atoms with van der Waals surface area (Å²) in [6.45, 7) is 0. The number of carbonyl (C=O) groups is 1. The molecule has 0 spiro atoms. The van der Waals surface area contributed by atoms with Crippen LogP contribution in [0.1, 0.15) is 10.4 Å². The number of phenols is 1. The van der Waals surface area contributed by atoms with E-state index in [1.165, 1.54) is 0 Å². The van der Waals surface area contributed by atoms with Crippen LogP contribution < -0.4 is 14.1 Å².